The maximum absolute atomic E-state index is 13.3. The van der Waals surface area contributed by atoms with E-state index in [1.165, 1.54) is 5.56 Å². The van der Waals surface area contributed by atoms with Crippen molar-refractivity contribution < 1.29 is 9.53 Å². The summed E-state index contributed by atoms with van der Waals surface area (Å²) in [7, 11) is 1.59. The molecule has 0 fully saturated rings. The molecule has 7 heteroatoms. The molecule has 0 bridgehead atoms. The summed E-state index contributed by atoms with van der Waals surface area (Å²) in [4.78, 5) is 23.9. The van der Waals surface area contributed by atoms with E-state index in [0.29, 0.717) is 31.1 Å². The number of carbonyl (C=O) groups is 1. The molecule has 1 aliphatic heterocycles. The fourth-order valence-corrected chi connectivity index (χ4v) is 4.24. The van der Waals surface area contributed by atoms with E-state index in [-0.39, 0.29) is 12.5 Å². The molecule has 0 aliphatic carbocycles. The summed E-state index contributed by atoms with van der Waals surface area (Å²) in [5, 5.41) is 4.83. The van der Waals surface area contributed by atoms with Gasteiger partial charge in [-0.1, -0.05) is 60.2 Å². The van der Waals surface area contributed by atoms with Gasteiger partial charge in [-0.3, -0.25) is 9.48 Å². The van der Waals surface area contributed by atoms with Crippen LogP contribution in [0.5, 0.6) is 5.75 Å². The molecular weight excluding hydrogens is 438 g/mol. The summed E-state index contributed by atoms with van der Waals surface area (Å²) in [6.45, 7) is 3.39. The van der Waals surface area contributed by atoms with Crippen LogP contribution >= 0.6 is 0 Å². The predicted molar refractivity (Wildman–Crippen MR) is 136 cm³/mol. The molecule has 0 atom stereocenters. The van der Waals surface area contributed by atoms with Gasteiger partial charge in [0, 0.05) is 18.7 Å². The Hall–Kier alpha value is -4.26. The molecule has 0 spiro atoms. The largest absolute Gasteiger partial charge is 0.494 e. The van der Waals surface area contributed by atoms with Crippen LogP contribution in [0.1, 0.15) is 17.8 Å². The fourth-order valence-electron chi connectivity index (χ4n) is 4.24. The van der Waals surface area contributed by atoms with E-state index in [9.17, 15) is 4.79 Å². The lowest BCUT2D eigenvalue weighted by Gasteiger charge is -2.26. The summed E-state index contributed by atoms with van der Waals surface area (Å²) >= 11 is 0. The van der Waals surface area contributed by atoms with Crippen molar-refractivity contribution >= 4 is 11.5 Å². The smallest absolute Gasteiger partial charge is 0.244 e. The average molecular weight is 466 g/mol. The minimum absolute atomic E-state index is 0.0343. The lowest BCUT2D eigenvalue weighted by Crippen LogP contribution is -2.37. The molecule has 0 saturated heterocycles. The molecule has 0 unspecified atom stereocenters. The molecule has 1 amide bonds. The zero-order valence-corrected chi connectivity index (χ0v) is 19.9. The van der Waals surface area contributed by atoms with Crippen LogP contribution in [0.15, 0.2) is 79.1 Å². The standard InChI is InChI=1S/C28H27N5O2/c1-20-7-6-10-23(15-20)25-16-26(21-8-4-3-5-9-21)33(31-25)19-27(34)32-13-11-22(12-14-32)28-29-17-24(35-2)18-30-28/h3-11,15-18H,12-14,19H2,1-2H3. The third-order valence-electron chi connectivity index (χ3n) is 6.16. The Bertz CT molecular complexity index is 1360. The average Bonchev–Trinajstić information content (AvgIpc) is 3.33. The van der Waals surface area contributed by atoms with Crippen LogP contribution in [0, 0.1) is 6.92 Å². The minimum Gasteiger partial charge on any atom is -0.494 e. The number of methoxy groups -OCH3 is 1. The SMILES string of the molecule is COc1cnc(C2=CCN(C(=O)Cn3nc(-c4cccc(C)c4)cc3-c3ccccc3)CC2)nc1. The third-order valence-corrected chi connectivity index (χ3v) is 6.16. The van der Waals surface area contributed by atoms with Crippen molar-refractivity contribution in [2.75, 3.05) is 20.2 Å². The fraction of sp³-hybridized carbons (Fsp3) is 0.214. The number of carbonyl (C=O) groups excluding carboxylic acids is 1. The van der Waals surface area contributed by atoms with E-state index in [2.05, 4.69) is 41.2 Å². The second-order valence-corrected chi connectivity index (χ2v) is 8.57. The van der Waals surface area contributed by atoms with Crippen molar-refractivity contribution in [2.45, 2.75) is 19.9 Å². The zero-order valence-electron chi connectivity index (χ0n) is 19.9. The van der Waals surface area contributed by atoms with E-state index < -0.39 is 0 Å². The third kappa shape index (κ3) is 4.99. The van der Waals surface area contributed by atoms with Gasteiger partial charge in [-0.15, -0.1) is 0 Å². The van der Waals surface area contributed by atoms with Crippen LogP contribution in [-0.2, 0) is 11.3 Å². The Morgan fingerprint density at radius 1 is 1.00 bits per heavy atom. The zero-order chi connectivity index (χ0) is 24.2. The number of nitrogens with zero attached hydrogens (tertiary/aromatic N) is 5. The van der Waals surface area contributed by atoms with Gasteiger partial charge in [0.15, 0.2) is 11.6 Å². The summed E-state index contributed by atoms with van der Waals surface area (Å²) in [6.07, 6.45) is 6.06. The summed E-state index contributed by atoms with van der Waals surface area (Å²) < 4.78 is 6.95. The molecule has 3 heterocycles. The summed E-state index contributed by atoms with van der Waals surface area (Å²) in [6, 6.07) is 20.4. The number of benzene rings is 2. The Balaban J connectivity index is 1.36. The lowest BCUT2D eigenvalue weighted by molar-refractivity contribution is -0.131. The topological polar surface area (TPSA) is 73.1 Å². The second-order valence-electron chi connectivity index (χ2n) is 8.57. The van der Waals surface area contributed by atoms with Crippen LogP contribution in [0.25, 0.3) is 28.1 Å². The van der Waals surface area contributed by atoms with Crippen molar-refractivity contribution in [1.29, 1.82) is 0 Å². The van der Waals surface area contributed by atoms with E-state index in [1.54, 1.807) is 19.5 Å². The molecule has 176 valence electrons. The van der Waals surface area contributed by atoms with Crippen molar-refractivity contribution in [2.24, 2.45) is 0 Å². The first-order valence-electron chi connectivity index (χ1n) is 11.6. The normalized spacial score (nSPS) is 13.4. The number of hydrogen-bond donors (Lipinski definition) is 0. The van der Waals surface area contributed by atoms with Gasteiger partial charge in [0.05, 0.1) is 30.9 Å². The molecule has 2 aromatic heterocycles. The van der Waals surface area contributed by atoms with Crippen LogP contribution in [0.4, 0.5) is 0 Å². The minimum atomic E-state index is 0.0343. The quantitative estimate of drug-likeness (QED) is 0.415. The van der Waals surface area contributed by atoms with Crippen molar-refractivity contribution in [1.82, 2.24) is 24.6 Å². The second kappa shape index (κ2) is 9.93. The molecule has 0 saturated carbocycles. The van der Waals surface area contributed by atoms with E-state index in [0.717, 1.165) is 28.1 Å². The molecule has 2 aromatic carbocycles. The van der Waals surface area contributed by atoms with Crippen LogP contribution < -0.4 is 4.74 Å². The highest BCUT2D eigenvalue weighted by Gasteiger charge is 2.21. The highest BCUT2D eigenvalue weighted by atomic mass is 16.5. The molecule has 1 aliphatic rings. The lowest BCUT2D eigenvalue weighted by atomic mass is 10.1. The van der Waals surface area contributed by atoms with E-state index in [1.807, 2.05) is 52.1 Å². The number of hydrogen-bond acceptors (Lipinski definition) is 5. The van der Waals surface area contributed by atoms with Gasteiger partial charge in [-0.2, -0.15) is 5.10 Å². The first kappa shape index (κ1) is 22.5. The van der Waals surface area contributed by atoms with Gasteiger partial charge in [0.25, 0.3) is 0 Å². The molecule has 5 rings (SSSR count). The Morgan fingerprint density at radius 3 is 2.46 bits per heavy atom. The van der Waals surface area contributed by atoms with Crippen molar-refractivity contribution in [3.05, 3.63) is 90.5 Å². The van der Waals surface area contributed by atoms with E-state index in [4.69, 9.17) is 9.84 Å². The van der Waals surface area contributed by atoms with Crippen molar-refractivity contribution in [3.8, 4) is 28.3 Å². The molecule has 4 aromatic rings. The monoisotopic (exact) mass is 465 g/mol. The number of aromatic nitrogens is 4. The Kier molecular flexibility index (Phi) is 6.39. The number of amides is 1. The van der Waals surface area contributed by atoms with Gasteiger partial charge >= 0.3 is 0 Å². The van der Waals surface area contributed by atoms with Gasteiger partial charge in [0.1, 0.15) is 6.54 Å². The highest BCUT2D eigenvalue weighted by molar-refractivity contribution is 5.79. The van der Waals surface area contributed by atoms with Crippen molar-refractivity contribution in [3.63, 3.8) is 0 Å². The summed E-state index contributed by atoms with van der Waals surface area (Å²) in [5.74, 6) is 1.34. The molecular formula is C28H27N5O2. The first-order chi connectivity index (χ1) is 17.1. The Labute approximate surface area is 204 Å². The number of aryl methyl sites for hydroxylation is 1. The van der Waals surface area contributed by atoms with Gasteiger partial charge < -0.3 is 9.64 Å². The number of ether oxygens (including phenoxy) is 1. The maximum atomic E-state index is 13.3. The Morgan fingerprint density at radius 2 is 1.77 bits per heavy atom. The maximum Gasteiger partial charge on any atom is 0.244 e. The summed E-state index contributed by atoms with van der Waals surface area (Å²) in [5.41, 5.74) is 6.07. The molecule has 0 N–H and O–H groups in total. The first-order valence-corrected chi connectivity index (χ1v) is 11.6. The van der Waals surface area contributed by atoms with Crippen LogP contribution in [-0.4, -0.2) is 50.8 Å². The predicted octanol–water partition coefficient (Wildman–Crippen LogP) is 4.64. The number of rotatable bonds is 6. The molecule has 0 radical (unpaired) electrons. The van der Waals surface area contributed by atoms with Crippen LogP contribution in [0.2, 0.25) is 0 Å². The van der Waals surface area contributed by atoms with E-state index >= 15 is 0 Å². The molecule has 35 heavy (non-hydrogen) atoms. The van der Waals surface area contributed by atoms with Crippen LogP contribution in [0.3, 0.4) is 0 Å². The highest BCUT2D eigenvalue weighted by Crippen LogP contribution is 2.27. The van der Waals surface area contributed by atoms with Gasteiger partial charge in [-0.25, -0.2) is 9.97 Å². The van der Waals surface area contributed by atoms with Gasteiger partial charge in [0.2, 0.25) is 5.91 Å². The van der Waals surface area contributed by atoms with Gasteiger partial charge in [-0.05, 0) is 36.6 Å². The molecule has 7 nitrogen and oxygen atoms in total.